The van der Waals surface area contributed by atoms with E-state index in [0.717, 1.165) is 10.5 Å². The average molecular weight is 521 g/mol. The van der Waals surface area contributed by atoms with Crippen LogP contribution in [0.15, 0.2) is 23.2 Å². The zero-order valence-electron chi connectivity index (χ0n) is 24.2. The van der Waals surface area contributed by atoms with Crippen molar-refractivity contribution in [3.05, 3.63) is 29.3 Å². The van der Waals surface area contributed by atoms with Crippen molar-refractivity contribution in [2.75, 3.05) is 11.4 Å². The topological polar surface area (TPSA) is 124 Å². The number of aliphatic imine (C=N–C) groups is 1. The number of benzene rings is 1. The van der Waals surface area contributed by atoms with Crippen LogP contribution in [-0.4, -0.2) is 52.5 Å². The number of imide groups is 1. The Morgan fingerprint density at radius 1 is 0.811 bits per heavy atom. The maximum atomic E-state index is 13.0. The Kier molecular flexibility index (Phi) is 10.5. The average Bonchev–Trinajstić information content (AvgIpc) is 2.68. The number of guanidine groups is 1. The van der Waals surface area contributed by atoms with Crippen LogP contribution in [0.3, 0.4) is 0 Å². The minimum Gasteiger partial charge on any atom is -0.443 e. The summed E-state index contributed by atoms with van der Waals surface area (Å²) in [6.45, 7) is 19.7. The van der Waals surface area contributed by atoms with Crippen molar-refractivity contribution < 1.29 is 28.6 Å². The highest BCUT2D eigenvalue weighted by atomic mass is 16.6. The Morgan fingerprint density at radius 3 is 1.70 bits per heavy atom. The minimum atomic E-state index is -0.812. The molecule has 0 saturated heterocycles. The summed E-state index contributed by atoms with van der Waals surface area (Å²) >= 11 is 0. The van der Waals surface area contributed by atoms with E-state index < -0.39 is 35.1 Å². The quantitative estimate of drug-likeness (QED) is 0.285. The molecule has 1 rings (SSSR count). The number of anilines is 1. The van der Waals surface area contributed by atoms with Gasteiger partial charge in [0.15, 0.2) is 0 Å². The fraction of sp³-hybridized carbons (Fsp3) is 0.630. The largest absolute Gasteiger partial charge is 0.443 e. The Hall–Kier alpha value is -3.30. The van der Waals surface area contributed by atoms with E-state index >= 15 is 0 Å². The molecule has 0 aromatic heterocycles. The molecule has 0 aliphatic rings. The Labute approximate surface area is 221 Å². The molecule has 37 heavy (non-hydrogen) atoms. The van der Waals surface area contributed by atoms with Gasteiger partial charge in [0, 0.05) is 12.2 Å². The van der Waals surface area contributed by atoms with Gasteiger partial charge in [-0.25, -0.2) is 19.3 Å². The highest BCUT2D eigenvalue weighted by Crippen LogP contribution is 2.24. The molecule has 0 heterocycles. The molecule has 0 fully saturated rings. The number of carbonyl (C=O) groups excluding carboxylic acids is 3. The molecule has 10 nitrogen and oxygen atoms in total. The summed E-state index contributed by atoms with van der Waals surface area (Å²) in [6.07, 6.45) is -1.77. The van der Waals surface area contributed by atoms with Gasteiger partial charge in [0.25, 0.3) is 0 Å². The predicted octanol–water partition coefficient (Wildman–Crippen LogP) is 6.00. The number of hydrogen-bond donors (Lipinski definition) is 1. The number of hydrogen-bond acceptors (Lipinski definition) is 6. The number of nitrogens with two attached hydrogens (primary N) is 1. The van der Waals surface area contributed by atoms with E-state index in [0.29, 0.717) is 24.2 Å². The molecule has 0 bridgehead atoms. The second-order valence-corrected chi connectivity index (χ2v) is 11.5. The van der Waals surface area contributed by atoms with Crippen LogP contribution >= 0.6 is 0 Å². The van der Waals surface area contributed by atoms with Crippen molar-refractivity contribution >= 4 is 29.9 Å². The van der Waals surface area contributed by atoms with Gasteiger partial charge in [0.2, 0.25) is 5.96 Å². The van der Waals surface area contributed by atoms with E-state index in [9.17, 15) is 14.4 Å². The van der Waals surface area contributed by atoms with E-state index in [1.165, 1.54) is 0 Å². The molecule has 1 aromatic carbocycles. The second-order valence-electron chi connectivity index (χ2n) is 11.5. The van der Waals surface area contributed by atoms with E-state index in [2.05, 4.69) is 4.99 Å². The Bertz CT molecular complexity index is 972. The van der Waals surface area contributed by atoms with Gasteiger partial charge in [-0.15, -0.1) is 4.99 Å². The van der Waals surface area contributed by atoms with Crippen LogP contribution in [-0.2, 0) is 27.2 Å². The molecular formula is C27H44N4O6. The Morgan fingerprint density at radius 2 is 1.30 bits per heavy atom. The monoisotopic (exact) mass is 520 g/mol. The van der Waals surface area contributed by atoms with Crippen LogP contribution < -0.4 is 10.6 Å². The van der Waals surface area contributed by atoms with Crippen molar-refractivity contribution in [1.29, 1.82) is 0 Å². The second kappa shape index (κ2) is 12.3. The van der Waals surface area contributed by atoms with E-state index in [1.807, 2.05) is 32.0 Å². The molecule has 0 radical (unpaired) electrons. The van der Waals surface area contributed by atoms with Crippen molar-refractivity contribution in [3.8, 4) is 0 Å². The molecule has 0 aliphatic carbocycles. The van der Waals surface area contributed by atoms with Crippen LogP contribution in [0, 0.1) is 0 Å². The fourth-order valence-corrected chi connectivity index (χ4v) is 3.20. The van der Waals surface area contributed by atoms with E-state index in [4.69, 9.17) is 19.9 Å². The molecule has 1 aromatic rings. The third-order valence-corrected chi connectivity index (χ3v) is 4.63. The van der Waals surface area contributed by atoms with Gasteiger partial charge < -0.3 is 24.8 Å². The minimum absolute atomic E-state index is 0.0388. The third kappa shape index (κ3) is 11.1. The van der Waals surface area contributed by atoms with Crippen LogP contribution in [0.4, 0.5) is 20.1 Å². The van der Waals surface area contributed by atoms with E-state index in [-0.39, 0.29) is 12.5 Å². The first-order chi connectivity index (χ1) is 16.8. The molecule has 0 saturated carbocycles. The summed E-state index contributed by atoms with van der Waals surface area (Å²) in [5.74, 6) is -0.0388. The van der Waals surface area contributed by atoms with E-state index in [1.54, 1.807) is 67.2 Å². The first-order valence-corrected chi connectivity index (χ1v) is 12.5. The number of ether oxygens (including phenoxy) is 3. The number of nitrogens with zero attached hydrogens (tertiary/aromatic N) is 3. The van der Waals surface area contributed by atoms with Crippen molar-refractivity contribution in [2.24, 2.45) is 10.7 Å². The number of rotatable bonds is 5. The van der Waals surface area contributed by atoms with Gasteiger partial charge in [-0.2, -0.15) is 0 Å². The number of carbonyl (C=O) groups is 3. The molecule has 0 unspecified atom stereocenters. The predicted molar refractivity (Wildman–Crippen MR) is 145 cm³/mol. The molecule has 0 spiro atoms. The first kappa shape index (κ1) is 31.7. The molecule has 0 aliphatic heterocycles. The molecule has 3 amide bonds. The summed E-state index contributed by atoms with van der Waals surface area (Å²) in [7, 11) is 0. The SMILES string of the molecule is CCc1ccc(N(CC)C(N)=NC(=O)OC(C)(C)C)cc1CN(C(=O)OC(C)(C)C)C(=O)OC(C)(C)C. The molecule has 10 heteroatoms. The van der Waals surface area contributed by atoms with Gasteiger partial charge in [-0.3, -0.25) is 0 Å². The lowest BCUT2D eigenvalue weighted by Crippen LogP contribution is -2.43. The van der Waals surface area contributed by atoms with Gasteiger partial charge in [-0.05, 0) is 98.9 Å². The van der Waals surface area contributed by atoms with Gasteiger partial charge >= 0.3 is 18.3 Å². The summed E-state index contributed by atoms with van der Waals surface area (Å²) in [5, 5.41) is 0. The van der Waals surface area contributed by atoms with Gasteiger partial charge in [0.05, 0.1) is 6.54 Å². The van der Waals surface area contributed by atoms with Crippen LogP contribution in [0.2, 0.25) is 0 Å². The number of amides is 3. The smallest absolute Gasteiger partial charge is 0.437 e. The molecule has 2 N–H and O–H groups in total. The zero-order chi connectivity index (χ0) is 28.8. The highest BCUT2D eigenvalue weighted by molar-refractivity contribution is 6.00. The molecular weight excluding hydrogens is 476 g/mol. The highest BCUT2D eigenvalue weighted by Gasteiger charge is 2.32. The lowest BCUT2D eigenvalue weighted by Gasteiger charge is -2.29. The maximum absolute atomic E-state index is 13.0. The van der Waals surface area contributed by atoms with Crippen LogP contribution in [0.5, 0.6) is 0 Å². The van der Waals surface area contributed by atoms with Crippen LogP contribution in [0.1, 0.15) is 87.3 Å². The lowest BCUT2D eigenvalue weighted by molar-refractivity contribution is -0.000326. The van der Waals surface area contributed by atoms with Gasteiger partial charge in [-0.1, -0.05) is 13.0 Å². The lowest BCUT2D eigenvalue weighted by atomic mass is 10.0. The molecule has 208 valence electrons. The zero-order valence-corrected chi connectivity index (χ0v) is 24.2. The third-order valence-electron chi connectivity index (χ3n) is 4.63. The van der Waals surface area contributed by atoms with Crippen molar-refractivity contribution in [1.82, 2.24) is 4.90 Å². The van der Waals surface area contributed by atoms with Gasteiger partial charge in [0.1, 0.15) is 16.8 Å². The van der Waals surface area contributed by atoms with Crippen LogP contribution in [0.25, 0.3) is 0 Å². The van der Waals surface area contributed by atoms with Crippen molar-refractivity contribution in [3.63, 3.8) is 0 Å². The maximum Gasteiger partial charge on any atom is 0.437 e. The normalized spacial score (nSPS) is 12.6. The fourth-order valence-electron chi connectivity index (χ4n) is 3.20. The summed E-state index contributed by atoms with van der Waals surface area (Å²) in [5.41, 5.74) is 6.07. The number of aryl methyl sites for hydroxylation is 1. The summed E-state index contributed by atoms with van der Waals surface area (Å²) in [4.78, 5) is 44.7. The molecule has 0 atom stereocenters. The Balaban J connectivity index is 3.44. The van der Waals surface area contributed by atoms with Crippen molar-refractivity contribution in [2.45, 2.75) is 106 Å². The summed E-state index contributed by atoms with van der Waals surface area (Å²) in [6, 6.07) is 5.53. The first-order valence-electron chi connectivity index (χ1n) is 12.5. The standard InChI is InChI=1S/C27H44N4O6/c1-12-18-14-15-20(30(13-2)21(28)29-22(32)35-25(3,4)5)16-19(18)17-31(23(33)36-26(6,7)8)24(34)37-27(9,10)11/h14-16H,12-13,17H2,1-11H3,(H2,28,29,32). The summed E-state index contributed by atoms with van der Waals surface area (Å²) < 4.78 is 16.2.